The number of carbonyl (C=O) groups excluding carboxylic acids is 4. The van der Waals surface area contributed by atoms with Crippen molar-refractivity contribution in [3.8, 4) is 0 Å². The van der Waals surface area contributed by atoms with E-state index < -0.39 is 47.6 Å². The van der Waals surface area contributed by atoms with E-state index in [0.29, 0.717) is 5.56 Å². The van der Waals surface area contributed by atoms with Crippen LogP contribution in [0.2, 0.25) is 0 Å². The molecule has 0 aliphatic heterocycles. The molecule has 0 spiro atoms. The largest absolute Gasteiger partial charge is 0.459 e. The first-order chi connectivity index (χ1) is 17.4. The lowest BCUT2D eigenvalue weighted by Gasteiger charge is -2.26. The van der Waals surface area contributed by atoms with Gasteiger partial charge in [-0.3, -0.25) is 9.59 Å². The maximum absolute atomic E-state index is 13.1. The Balaban J connectivity index is 2.04. The van der Waals surface area contributed by atoms with Gasteiger partial charge >= 0.3 is 12.1 Å². The number of rotatable bonds is 10. The van der Waals surface area contributed by atoms with Crippen molar-refractivity contribution in [3.05, 3.63) is 71.8 Å². The Morgan fingerprint density at radius 1 is 0.784 bits per heavy atom. The van der Waals surface area contributed by atoms with Gasteiger partial charge in [0.25, 0.3) is 0 Å². The topological polar surface area (TPSA) is 123 Å². The predicted octanol–water partition coefficient (Wildman–Crippen LogP) is 3.64. The average molecular weight is 512 g/mol. The molecular weight excluding hydrogens is 474 g/mol. The molecule has 3 atom stereocenters. The first-order valence-corrected chi connectivity index (χ1v) is 12.2. The van der Waals surface area contributed by atoms with E-state index in [1.165, 1.54) is 6.92 Å². The zero-order valence-corrected chi connectivity index (χ0v) is 22.2. The molecule has 0 unspecified atom stereocenters. The van der Waals surface area contributed by atoms with Crippen LogP contribution in [0, 0.1) is 5.92 Å². The van der Waals surface area contributed by atoms with Crippen LogP contribution < -0.4 is 16.0 Å². The first-order valence-electron chi connectivity index (χ1n) is 12.2. The Labute approximate surface area is 218 Å². The van der Waals surface area contributed by atoms with E-state index in [1.54, 1.807) is 65.0 Å². The van der Waals surface area contributed by atoms with E-state index in [4.69, 9.17) is 9.47 Å². The maximum atomic E-state index is 13.1. The number of benzene rings is 2. The molecule has 2 rings (SSSR count). The zero-order valence-electron chi connectivity index (χ0n) is 22.2. The molecule has 9 nitrogen and oxygen atoms in total. The van der Waals surface area contributed by atoms with Gasteiger partial charge in [0.1, 0.15) is 30.3 Å². The highest BCUT2D eigenvalue weighted by Gasteiger charge is 2.31. The average Bonchev–Trinajstić information content (AvgIpc) is 2.84. The van der Waals surface area contributed by atoms with Crippen molar-refractivity contribution < 1.29 is 28.7 Å². The Hall–Kier alpha value is -3.88. The molecule has 0 aliphatic rings. The molecule has 2 aromatic rings. The highest BCUT2D eigenvalue weighted by atomic mass is 16.6. The first kappa shape index (κ1) is 29.4. The number of esters is 1. The second-order valence-corrected chi connectivity index (χ2v) is 10.0. The van der Waals surface area contributed by atoms with E-state index in [0.717, 1.165) is 5.56 Å². The summed E-state index contributed by atoms with van der Waals surface area (Å²) in [6.07, 6.45) is -0.769. The molecular formula is C28H37N3O6. The molecule has 37 heavy (non-hydrogen) atoms. The maximum Gasteiger partial charge on any atom is 0.408 e. The van der Waals surface area contributed by atoms with Crippen molar-refractivity contribution in [2.45, 2.75) is 71.9 Å². The van der Waals surface area contributed by atoms with Crippen molar-refractivity contribution in [3.63, 3.8) is 0 Å². The van der Waals surface area contributed by atoms with Crippen LogP contribution in [-0.2, 0) is 30.5 Å². The lowest BCUT2D eigenvalue weighted by atomic mass is 10.0. The van der Waals surface area contributed by atoms with Gasteiger partial charge in [-0.25, -0.2) is 9.59 Å². The smallest absolute Gasteiger partial charge is 0.408 e. The van der Waals surface area contributed by atoms with Crippen molar-refractivity contribution in [2.24, 2.45) is 5.92 Å². The van der Waals surface area contributed by atoms with E-state index in [9.17, 15) is 19.2 Å². The van der Waals surface area contributed by atoms with Crippen molar-refractivity contribution in [1.82, 2.24) is 16.0 Å². The molecule has 0 bridgehead atoms. The normalized spacial score (nSPS) is 13.6. The van der Waals surface area contributed by atoms with Crippen molar-refractivity contribution in [2.75, 3.05) is 0 Å². The third-order valence-corrected chi connectivity index (χ3v) is 5.25. The molecule has 0 aromatic heterocycles. The fourth-order valence-electron chi connectivity index (χ4n) is 3.33. The number of hydrogen-bond acceptors (Lipinski definition) is 6. The number of alkyl carbamates (subject to hydrolysis) is 1. The number of hydrogen-bond donors (Lipinski definition) is 3. The summed E-state index contributed by atoms with van der Waals surface area (Å²) in [7, 11) is 0. The fourth-order valence-corrected chi connectivity index (χ4v) is 3.33. The van der Waals surface area contributed by atoms with Crippen LogP contribution >= 0.6 is 0 Å². The van der Waals surface area contributed by atoms with E-state index >= 15 is 0 Å². The fraction of sp³-hybridized carbons (Fsp3) is 0.429. The third kappa shape index (κ3) is 9.95. The van der Waals surface area contributed by atoms with Gasteiger partial charge < -0.3 is 25.4 Å². The van der Waals surface area contributed by atoms with Crippen LogP contribution in [0.15, 0.2) is 60.7 Å². The van der Waals surface area contributed by atoms with Gasteiger partial charge in [0.05, 0.1) is 0 Å². The van der Waals surface area contributed by atoms with E-state index in [1.807, 2.05) is 30.3 Å². The minimum Gasteiger partial charge on any atom is -0.459 e. The Bertz CT molecular complexity index is 1050. The lowest BCUT2D eigenvalue weighted by Crippen LogP contribution is -2.54. The number of ether oxygens (including phenoxy) is 2. The molecule has 3 N–H and O–H groups in total. The molecule has 2 aromatic carbocycles. The van der Waals surface area contributed by atoms with Gasteiger partial charge in [0.15, 0.2) is 0 Å². The van der Waals surface area contributed by atoms with Gasteiger partial charge in [-0.1, -0.05) is 74.5 Å². The van der Waals surface area contributed by atoms with Crippen LogP contribution in [0.5, 0.6) is 0 Å². The monoisotopic (exact) mass is 511 g/mol. The molecule has 0 saturated carbocycles. The summed E-state index contributed by atoms with van der Waals surface area (Å²) >= 11 is 0. The summed E-state index contributed by atoms with van der Waals surface area (Å²) in [6, 6.07) is 14.8. The van der Waals surface area contributed by atoms with Gasteiger partial charge in [-0.2, -0.15) is 0 Å². The third-order valence-electron chi connectivity index (χ3n) is 5.25. The second kappa shape index (κ2) is 13.4. The molecule has 0 radical (unpaired) electrons. The number of amides is 3. The van der Waals surface area contributed by atoms with E-state index in [-0.39, 0.29) is 12.5 Å². The number of carbonyl (C=O) groups is 4. The number of nitrogens with one attached hydrogen (secondary N) is 3. The molecule has 0 saturated heterocycles. The SMILES string of the molecule is CC(C)[C@H](NC(=O)[C@H](C)NC(=O)[C@@H](NC(=O)OC(C)(C)C)c1ccccc1)C(=O)OCc1ccccc1. The summed E-state index contributed by atoms with van der Waals surface area (Å²) in [4.78, 5) is 51.1. The van der Waals surface area contributed by atoms with Crippen LogP contribution in [0.1, 0.15) is 58.7 Å². The highest BCUT2D eigenvalue weighted by molar-refractivity contribution is 5.93. The minimum atomic E-state index is -1.09. The van der Waals surface area contributed by atoms with Gasteiger partial charge in [0.2, 0.25) is 11.8 Å². The second-order valence-electron chi connectivity index (χ2n) is 10.0. The minimum absolute atomic E-state index is 0.0835. The zero-order chi connectivity index (χ0) is 27.6. The Morgan fingerprint density at radius 3 is 1.89 bits per heavy atom. The standard InChI is InChI=1S/C28H37N3O6/c1-18(2)22(26(34)36-17-20-13-9-7-10-14-20)30-24(32)19(3)29-25(33)23(21-15-11-8-12-16-21)31-27(35)37-28(4,5)6/h7-16,18-19,22-23H,17H2,1-6H3,(H,29,33)(H,30,32)(H,31,35)/t19-,22-,23-/m0/s1. The summed E-state index contributed by atoms with van der Waals surface area (Å²) in [6.45, 7) is 10.3. The molecule has 3 amide bonds. The molecule has 0 aliphatic carbocycles. The summed E-state index contributed by atoms with van der Waals surface area (Å²) < 4.78 is 10.7. The van der Waals surface area contributed by atoms with Crippen LogP contribution in [0.25, 0.3) is 0 Å². The van der Waals surface area contributed by atoms with Crippen molar-refractivity contribution in [1.29, 1.82) is 0 Å². The van der Waals surface area contributed by atoms with E-state index in [2.05, 4.69) is 16.0 Å². The Kier molecular flexibility index (Phi) is 10.7. The quantitative estimate of drug-likeness (QED) is 0.419. The van der Waals surface area contributed by atoms with Crippen LogP contribution in [0.4, 0.5) is 4.79 Å². The molecule has 0 heterocycles. The molecule has 9 heteroatoms. The molecule has 200 valence electrons. The van der Waals surface area contributed by atoms with Gasteiger partial charge in [0, 0.05) is 0 Å². The summed E-state index contributed by atoms with van der Waals surface area (Å²) in [5.41, 5.74) is 0.591. The van der Waals surface area contributed by atoms with Gasteiger partial charge in [-0.15, -0.1) is 0 Å². The van der Waals surface area contributed by atoms with Gasteiger partial charge in [-0.05, 0) is 44.7 Å². The molecule has 0 fully saturated rings. The van der Waals surface area contributed by atoms with Crippen LogP contribution in [0.3, 0.4) is 0 Å². The Morgan fingerprint density at radius 2 is 1.35 bits per heavy atom. The predicted molar refractivity (Wildman–Crippen MR) is 139 cm³/mol. The summed E-state index contributed by atoms with van der Waals surface area (Å²) in [5, 5.41) is 7.85. The highest BCUT2D eigenvalue weighted by Crippen LogP contribution is 2.15. The van der Waals surface area contributed by atoms with Crippen molar-refractivity contribution >= 4 is 23.9 Å². The van der Waals surface area contributed by atoms with Crippen LogP contribution in [-0.4, -0.2) is 41.6 Å². The lowest BCUT2D eigenvalue weighted by molar-refractivity contribution is -0.150. The summed E-state index contributed by atoms with van der Waals surface area (Å²) in [5.74, 6) is -1.99.